The Balaban J connectivity index is 1.39. The predicted molar refractivity (Wildman–Crippen MR) is 121 cm³/mol. The van der Waals surface area contributed by atoms with Gasteiger partial charge in [0, 0.05) is 25.2 Å². The van der Waals surface area contributed by atoms with Gasteiger partial charge in [-0.2, -0.15) is 0 Å². The third-order valence-corrected chi connectivity index (χ3v) is 5.69. The van der Waals surface area contributed by atoms with Crippen LogP contribution in [0.3, 0.4) is 0 Å². The van der Waals surface area contributed by atoms with Crippen molar-refractivity contribution in [1.82, 2.24) is 4.90 Å². The number of methoxy groups -OCH3 is 1. The van der Waals surface area contributed by atoms with E-state index in [1.165, 1.54) is 0 Å². The molecule has 31 heavy (non-hydrogen) atoms. The lowest BCUT2D eigenvalue weighted by Crippen LogP contribution is -2.40. The number of piperidine rings is 1. The van der Waals surface area contributed by atoms with Gasteiger partial charge in [-0.15, -0.1) is 0 Å². The SMILES string of the molecule is COc1ccc(NC(=O)CC[C@@H]2CCCN(C(=O)CCOc3ccccc3)C2)c(C)c1. The van der Waals surface area contributed by atoms with Gasteiger partial charge < -0.3 is 19.7 Å². The van der Waals surface area contributed by atoms with Crippen LogP contribution < -0.4 is 14.8 Å². The summed E-state index contributed by atoms with van der Waals surface area (Å²) >= 11 is 0. The van der Waals surface area contributed by atoms with Gasteiger partial charge in [0.25, 0.3) is 0 Å². The summed E-state index contributed by atoms with van der Waals surface area (Å²) in [6.07, 6.45) is 3.65. The van der Waals surface area contributed by atoms with Crippen molar-refractivity contribution in [3.8, 4) is 11.5 Å². The van der Waals surface area contributed by atoms with Gasteiger partial charge in [-0.1, -0.05) is 18.2 Å². The number of para-hydroxylation sites is 1. The zero-order valence-corrected chi connectivity index (χ0v) is 18.4. The number of amides is 2. The molecule has 2 amide bonds. The highest BCUT2D eigenvalue weighted by molar-refractivity contribution is 5.91. The van der Waals surface area contributed by atoms with Gasteiger partial charge in [0.1, 0.15) is 11.5 Å². The number of likely N-dealkylation sites (tertiary alicyclic amines) is 1. The lowest BCUT2D eigenvalue weighted by Gasteiger charge is -2.33. The number of anilines is 1. The Bertz CT molecular complexity index is 869. The van der Waals surface area contributed by atoms with E-state index in [1.54, 1.807) is 7.11 Å². The summed E-state index contributed by atoms with van der Waals surface area (Å²) in [5.74, 6) is 2.05. The van der Waals surface area contributed by atoms with Crippen LogP contribution in [-0.4, -0.2) is 43.5 Å². The number of benzene rings is 2. The van der Waals surface area contributed by atoms with Crippen LogP contribution in [0.4, 0.5) is 5.69 Å². The molecular weight excluding hydrogens is 392 g/mol. The Kier molecular flexibility index (Phi) is 8.33. The highest BCUT2D eigenvalue weighted by Crippen LogP contribution is 2.24. The summed E-state index contributed by atoms with van der Waals surface area (Å²) in [7, 11) is 1.63. The molecule has 1 saturated heterocycles. The summed E-state index contributed by atoms with van der Waals surface area (Å²) in [5, 5.41) is 2.99. The van der Waals surface area contributed by atoms with E-state index in [2.05, 4.69) is 5.32 Å². The number of carbonyl (C=O) groups is 2. The van der Waals surface area contributed by atoms with Gasteiger partial charge in [-0.25, -0.2) is 0 Å². The number of aryl methyl sites for hydroxylation is 1. The van der Waals surface area contributed by atoms with Gasteiger partial charge in [0.05, 0.1) is 20.1 Å². The van der Waals surface area contributed by atoms with Crippen molar-refractivity contribution >= 4 is 17.5 Å². The molecule has 1 aliphatic heterocycles. The van der Waals surface area contributed by atoms with E-state index in [9.17, 15) is 9.59 Å². The van der Waals surface area contributed by atoms with Gasteiger partial charge in [0.15, 0.2) is 0 Å². The molecule has 0 spiro atoms. The topological polar surface area (TPSA) is 67.9 Å². The quantitative estimate of drug-likeness (QED) is 0.647. The van der Waals surface area contributed by atoms with Crippen molar-refractivity contribution in [2.45, 2.75) is 39.0 Å². The van der Waals surface area contributed by atoms with Crippen LogP contribution in [0, 0.1) is 12.8 Å². The van der Waals surface area contributed by atoms with E-state index in [1.807, 2.05) is 60.4 Å². The van der Waals surface area contributed by atoms with Crippen molar-refractivity contribution in [2.24, 2.45) is 5.92 Å². The molecule has 1 N–H and O–H groups in total. The Morgan fingerprint density at radius 3 is 2.65 bits per heavy atom. The van der Waals surface area contributed by atoms with Gasteiger partial charge in [-0.05, 0) is 68.0 Å². The first-order valence-corrected chi connectivity index (χ1v) is 11.0. The molecule has 6 heteroatoms. The molecule has 3 rings (SSSR count). The summed E-state index contributed by atoms with van der Waals surface area (Å²) in [6, 6.07) is 15.2. The van der Waals surface area contributed by atoms with Gasteiger partial charge in [-0.3, -0.25) is 9.59 Å². The molecular formula is C25H32N2O4. The number of rotatable bonds is 9. The van der Waals surface area contributed by atoms with E-state index in [0.29, 0.717) is 25.4 Å². The van der Waals surface area contributed by atoms with E-state index >= 15 is 0 Å². The molecule has 0 unspecified atom stereocenters. The number of hydrogen-bond acceptors (Lipinski definition) is 4. The molecule has 1 heterocycles. The minimum Gasteiger partial charge on any atom is -0.497 e. The van der Waals surface area contributed by atoms with E-state index in [4.69, 9.17) is 9.47 Å². The highest BCUT2D eigenvalue weighted by Gasteiger charge is 2.24. The van der Waals surface area contributed by atoms with E-state index in [-0.39, 0.29) is 11.8 Å². The van der Waals surface area contributed by atoms with Crippen molar-refractivity contribution in [1.29, 1.82) is 0 Å². The minimum absolute atomic E-state index is 0.00739. The first-order chi connectivity index (χ1) is 15.0. The van der Waals surface area contributed by atoms with Crippen LogP contribution in [-0.2, 0) is 9.59 Å². The molecule has 0 radical (unpaired) electrons. The fourth-order valence-electron chi connectivity index (χ4n) is 3.91. The predicted octanol–water partition coefficient (Wildman–Crippen LogP) is 4.43. The zero-order chi connectivity index (χ0) is 22.1. The average molecular weight is 425 g/mol. The van der Waals surface area contributed by atoms with Crippen LogP contribution >= 0.6 is 0 Å². The smallest absolute Gasteiger partial charge is 0.226 e. The van der Waals surface area contributed by atoms with Crippen LogP contribution in [0.25, 0.3) is 0 Å². The highest BCUT2D eigenvalue weighted by atomic mass is 16.5. The first-order valence-electron chi connectivity index (χ1n) is 11.0. The number of nitrogens with zero attached hydrogens (tertiary/aromatic N) is 1. The molecule has 2 aromatic carbocycles. The van der Waals surface area contributed by atoms with Gasteiger partial charge in [0.2, 0.25) is 11.8 Å². The molecule has 2 aromatic rings. The number of ether oxygens (including phenoxy) is 2. The molecule has 1 atom stereocenters. The molecule has 0 saturated carbocycles. The minimum atomic E-state index is 0.00739. The monoisotopic (exact) mass is 424 g/mol. The fourth-order valence-corrected chi connectivity index (χ4v) is 3.91. The van der Waals surface area contributed by atoms with Crippen molar-refractivity contribution in [3.05, 3.63) is 54.1 Å². The molecule has 0 bridgehead atoms. The lowest BCUT2D eigenvalue weighted by molar-refractivity contribution is -0.133. The maximum absolute atomic E-state index is 12.6. The molecule has 0 aliphatic carbocycles. The average Bonchev–Trinajstić information content (AvgIpc) is 2.80. The van der Waals surface area contributed by atoms with Crippen LogP contribution in [0.2, 0.25) is 0 Å². The van der Waals surface area contributed by atoms with E-state index in [0.717, 1.165) is 55.1 Å². The maximum atomic E-state index is 12.6. The maximum Gasteiger partial charge on any atom is 0.226 e. The lowest BCUT2D eigenvalue weighted by atomic mass is 9.93. The molecule has 0 aromatic heterocycles. The third kappa shape index (κ3) is 7.02. The van der Waals surface area contributed by atoms with Crippen molar-refractivity contribution in [2.75, 3.05) is 32.1 Å². The molecule has 166 valence electrons. The van der Waals surface area contributed by atoms with Crippen molar-refractivity contribution in [3.63, 3.8) is 0 Å². The Labute approximate surface area is 184 Å². The Morgan fingerprint density at radius 2 is 1.90 bits per heavy atom. The van der Waals surface area contributed by atoms with Crippen LogP contribution in [0.15, 0.2) is 48.5 Å². The first kappa shape index (κ1) is 22.7. The van der Waals surface area contributed by atoms with Gasteiger partial charge >= 0.3 is 0 Å². The Morgan fingerprint density at radius 1 is 1.10 bits per heavy atom. The molecule has 1 fully saturated rings. The molecule has 6 nitrogen and oxygen atoms in total. The molecule has 1 aliphatic rings. The number of carbonyl (C=O) groups excluding carboxylic acids is 2. The fraction of sp³-hybridized carbons (Fsp3) is 0.440. The second-order valence-electron chi connectivity index (χ2n) is 8.03. The summed E-state index contributed by atoms with van der Waals surface area (Å²) in [6.45, 7) is 3.84. The third-order valence-electron chi connectivity index (χ3n) is 5.69. The summed E-state index contributed by atoms with van der Waals surface area (Å²) < 4.78 is 10.9. The zero-order valence-electron chi connectivity index (χ0n) is 18.4. The second kappa shape index (κ2) is 11.4. The standard InChI is InChI=1S/C25H32N2O4/c1-19-17-22(30-2)11-12-23(19)26-24(28)13-10-20-7-6-15-27(18-20)25(29)14-16-31-21-8-4-3-5-9-21/h3-5,8-9,11-12,17,20H,6-7,10,13-16,18H2,1-2H3,(H,26,28)/t20-/m0/s1. The summed E-state index contributed by atoms with van der Waals surface area (Å²) in [4.78, 5) is 26.9. The largest absolute Gasteiger partial charge is 0.497 e. The second-order valence-corrected chi connectivity index (χ2v) is 8.03. The summed E-state index contributed by atoms with van der Waals surface area (Å²) in [5.41, 5.74) is 1.78. The number of hydrogen-bond donors (Lipinski definition) is 1. The van der Waals surface area contributed by atoms with Crippen LogP contribution in [0.1, 0.15) is 37.7 Å². The van der Waals surface area contributed by atoms with E-state index < -0.39 is 0 Å². The number of nitrogens with one attached hydrogen (secondary N) is 1. The normalized spacial score (nSPS) is 15.9. The van der Waals surface area contributed by atoms with Crippen LogP contribution in [0.5, 0.6) is 11.5 Å². The Hall–Kier alpha value is -3.02. The van der Waals surface area contributed by atoms with Crippen molar-refractivity contribution < 1.29 is 19.1 Å².